The number of hydrogen-bond donors (Lipinski definition) is 0. The van der Waals surface area contributed by atoms with E-state index in [-0.39, 0.29) is 17.5 Å². The summed E-state index contributed by atoms with van der Waals surface area (Å²) in [6, 6.07) is 2.11. The fraction of sp³-hybridized carbons (Fsp3) is 0.769. The zero-order chi connectivity index (χ0) is 12.6. The molecular weight excluding hydrogens is 203 g/mol. The lowest BCUT2D eigenvalue weighted by Crippen LogP contribution is -2.19. The molecule has 3 heteroatoms. The first kappa shape index (κ1) is 13.2. The van der Waals surface area contributed by atoms with Crippen LogP contribution in [0.1, 0.15) is 52.9 Å². The third-order valence-electron chi connectivity index (χ3n) is 2.61. The van der Waals surface area contributed by atoms with Gasteiger partial charge in [-0.05, 0) is 6.07 Å². The van der Waals surface area contributed by atoms with Crippen molar-refractivity contribution in [2.24, 2.45) is 0 Å². The molecule has 0 aromatic carbocycles. The molecular formula is C13H23FN2. The van der Waals surface area contributed by atoms with Gasteiger partial charge in [-0.15, -0.1) is 0 Å². The summed E-state index contributed by atoms with van der Waals surface area (Å²) in [5.74, 6) is 0. The molecule has 1 aromatic heterocycles. The quantitative estimate of drug-likeness (QED) is 0.755. The van der Waals surface area contributed by atoms with Gasteiger partial charge in [-0.2, -0.15) is 5.10 Å². The molecule has 2 nitrogen and oxygen atoms in total. The van der Waals surface area contributed by atoms with Gasteiger partial charge in [0.05, 0.1) is 12.2 Å². The highest BCUT2D eigenvalue weighted by atomic mass is 19.1. The SMILES string of the molecule is CC(C)(C)c1cc(C(C)(C)C)n(CCF)n1. The van der Waals surface area contributed by atoms with E-state index in [1.165, 1.54) is 0 Å². The predicted octanol–water partition coefficient (Wildman–Crippen LogP) is 3.45. The highest BCUT2D eigenvalue weighted by Gasteiger charge is 2.25. The van der Waals surface area contributed by atoms with E-state index in [9.17, 15) is 4.39 Å². The average Bonchev–Trinajstić information content (AvgIpc) is 2.46. The van der Waals surface area contributed by atoms with Crippen LogP contribution in [-0.4, -0.2) is 16.5 Å². The van der Waals surface area contributed by atoms with Crippen molar-refractivity contribution in [3.05, 3.63) is 17.5 Å². The molecule has 0 radical (unpaired) electrons. The first-order valence-electron chi connectivity index (χ1n) is 5.81. The second-order valence-corrected chi connectivity index (χ2v) is 6.33. The molecule has 0 N–H and O–H groups in total. The zero-order valence-corrected chi connectivity index (χ0v) is 11.3. The molecule has 0 saturated heterocycles. The largest absolute Gasteiger partial charge is 0.266 e. The van der Waals surface area contributed by atoms with Crippen LogP contribution >= 0.6 is 0 Å². The number of aryl methyl sites for hydroxylation is 1. The van der Waals surface area contributed by atoms with E-state index in [1.54, 1.807) is 4.68 Å². The van der Waals surface area contributed by atoms with E-state index in [1.807, 2.05) is 0 Å². The van der Waals surface area contributed by atoms with Crippen molar-refractivity contribution < 1.29 is 4.39 Å². The molecule has 0 spiro atoms. The maximum atomic E-state index is 12.5. The number of rotatable bonds is 2. The van der Waals surface area contributed by atoms with Crippen LogP contribution in [0.4, 0.5) is 4.39 Å². The summed E-state index contributed by atoms with van der Waals surface area (Å²) in [5.41, 5.74) is 2.16. The molecule has 0 unspecified atom stereocenters. The molecule has 92 valence electrons. The summed E-state index contributed by atoms with van der Waals surface area (Å²) in [4.78, 5) is 0. The number of aromatic nitrogens is 2. The Bertz CT molecular complexity index is 353. The van der Waals surface area contributed by atoms with Crippen molar-refractivity contribution in [1.82, 2.24) is 9.78 Å². The van der Waals surface area contributed by atoms with Gasteiger partial charge in [-0.3, -0.25) is 4.68 Å². The Morgan fingerprint density at radius 3 is 2.06 bits per heavy atom. The van der Waals surface area contributed by atoms with Crippen LogP contribution in [0.25, 0.3) is 0 Å². The normalized spacial score (nSPS) is 13.2. The Hall–Kier alpha value is -0.860. The number of nitrogens with zero attached hydrogens (tertiary/aromatic N) is 2. The molecule has 0 fully saturated rings. The van der Waals surface area contributed by atoms with Gasteiger partial charge >= 0.3 is 0 Å². The van der Waals surface area contributed by atoms with Gasteiger partial charge in [0, 0.05) is 16.5 Å². The molecule has 0 aliphatic rings. The minimum atomic E-state index is -0.367. The van der Waals surface area contributed by atoms with E-state index in [0.29, 0.717) is 6.54 Å². The molecule has 1 heterocycles. The lowest BCUT2D eigenvalue weighted by Gasteiger charge is -2.19. The Morgan fingerprint density at radius 2 is 1.69 bits per heavy atom. The van der Waals surface area contributed by atoms with Crippen molar-refractivity contribution in [1.29, 1.82) is 0 Å². The fourth-order valence-electron chi connectivity index (χ4n) is 1.64. The Morgan fingerprint density at radius 1 is 1.12 bits per heavy atom. The van der Waals surface area contributed by atoms with Crippen LogP contribution in [0, 0.1) is 0 Å². The summed E-state index contributed by atoms with van der Waals surface area (Å²) in [6.45, 7) is 12.8. The summed E-state index contributed by atoms with van der Waals surface area (Å²) < 4.78 is 14.3. The second kappa shape index (κ2) is 4.19. The minimum Gasteiger partial charge on any atom is -0.266 e. The lowest BCUT2D eigenvalue weighted by atomic mass is 9.88. The molecule has 1 rings (SSSR count). The van der Waals surface area contributed by atoms with Gasteiger partial charge < -0.3 is 0 Å². The summed E-state index contributed by atoms with van der Waals surface area (Å²) in [7, 11) is 0. The van der Waals surface area contributed by atoms with Crippen LogP contribution in [0.15, 0.2) is 6.07 Å². The van der Waals surface area contributed by atoms with E-state index < -0.39 is 0 Å². The Balaban J connectivity index is 3.21. The Kier molecular flexibility index (Phi) is 3.46. The topological polar surface area (TPSA) is 17.8 Å². The smallest absolute Gasteiger partial charge is 0.109 e. The molecule has 0 bridgehead atoms. The van der Waals surface area contributed by atoms with Gasteiger partial charge in [-0.1, -0.05) is 41.5 Å². The van der Waals surface area contributed by atoms with Gasteiger partial charge in [-0.25, -0.2) is 4.39 Å². The van der Waals surface area contributed by atoms with Crippen LogP contribution in [0.2, 0.25) is 0 Å². The number of alkyl halides is 1. The van der Waals surface area contributed by atoms with E-state index in [2.05, 4.69) is 52.7 Å². The van der Waals surface area contributed by atoms with E-state index in [0.717, 1.165) is 11.4 Å². The highest BCUT2D eigenvalue weighted by Crippen LogP contribution is 2.28. The summed E-state index contributed by atoms with van der Waals surface area (Å²) >= 11 is 0. The molecule has 0 amide bonds. The first-order valence-corrected chi connectivity index (χ1v) is 5.81. The molecule has 0 saturated carbocycles. The van der Waals surface area contributed by atoms with Crippen LogP contribution < -0.4 is 0 Å². The standard InChI is InChI=1S/C13H23FN2/c1-12(2,3)10-9-11(13(4,5)6)16(15-10)8-7-14/h9H,7-8H2,1-6H3. The van der Waals surface area contributed by atoms with Gasteiger partial charge in [0.1, 0.15) is 6.67 Å². The maximum absolute atomic E-state index is 12.5. The third-order valence-corrected chi connectivity index (χ3v) is 2.61. The Labute approximate surface area is 97.9 Å². The van der Waals surface area contributed by atoms with Crippen molar-refractivity contribution in [2.75, 3.05) is 6.67 Å². The van der Waals surface area contributed by atoms with Crippen molar-refractivity contribution >= 4 is 0 Å². The fourth-order valence-corrected chi connectivity index (χ4v) is 1.64. The van der Waals surface area contributed by atoms with Crippen LogP contribution in [0.3, 0.4) is 0 Å². The predicted molar refractivity (Wildman–Crippen MR) is 65.6 cm³/mol. The van der Waals surface area contributed by atoms with Crippen LogP contribution in [-0.2, 0) is 17.4 Å². The zero-order valence-electron chi connectivity index (χ0n) is 11.3. The summed E-state index contributed by atoms with van der Waals surface area (Å²) in [5, 5.41) is 4.51. The van der Waals surface area contributed by atoms with E-state index in [4.69, 9.17) is 0 Å². The van der Waals surface area contributed by atoms with E-state index >= 15 is 0 Å². The molecule has 16 heavy (non-hydrogen) atoms. The summed E-state index contributed by atoms with van der Waals surface area (Å²) in [6.07, 6.45) is 0. The van der Waals surface area contributed by atoms with Crippen molar-refractivity contribution in [3.63, 3.8) is 0 Å². The average molecular weight is 226 g/mol. The molecule has 1 aromatic rings. The highest BCUT2D eigenvalue weighted by molar-refractivity contribution is 5.22. The van der Waals surface area contributed by atoms with Crippen molar-refractivity contribution in [2.45, 2.75) is 58.9 Å². The monoisotopic (exact) mass is 226 g/mol. The molecule has 0 atom stereocenters. The van der Waals surface area contributed by atoms with Gasteiger partial charge in [0.2, 0.25) is 0 Å². The number of halogens is 1. The second-order valence-electron chi connectivity index (χ2n) is 6.33. The first-order chi connectivity index (χ1) is 7.16. The van der Waals surface area contributed by atoms with Crippen LogP contribution in [0.5, 0.6) is 0 Å². The minimum absolute atomic E-state index is 0.00562. The lowest BCUT2D eigenvalue weighted by molar-refractivity contribution is 0.397. The van der Waals surface area contributed by atoms with Gasteiger partial charge in [0.25, 0.3) is 0 Å². The number of hydrogen-bond acceptors (Lipinski definition) is 1. The molecule has 0 aliphatic heterocycles. The molecule has 0 aliphatic carbocycles. The van der Waals surface area contributed by atoms with Gasteiger partial charge in [0.15, 0.2) is 0 Å². The maximum Gasteiger partial charge on any atom is 0.109 e. The third kappa shape index (κ3) is 2.83. The van der Waals surface area contributed by atoms with Crippen molar-refractivity contribution in [3.8, 4) is 0 Å².